The lowest BCUT2D eigenvalue weighted by atomic mass is 10.2. The molecular weight excluding hydrogens is 130 g/mol. The average molecular weight is 139 g/mol. The van der Waals surface area contributed by atoms with Crippen LogP contribution in [0.15, 0.2) is 4.42 Å². The summed E-state index contributed by atoms with van der Waals surface area (Å²) in [6.07, 6.45) is 2.01. The van der Waals surface area contributed by atoms with Crippen LogP contribution in [-0.2, 0) is 6.42 Å². The molecule has 0 aliphatic carbocycles. The van der Waals surface area contributed by atoms with Gasteiger partial charge in [-0.05, 0) is 6.42 Å². The number of aryl methyl sites for hydroxylation is 2. The van der Waals surface area contributed by atoms with Crippen molar-refractivity contribution >= 4 is 0 Å². The predicted molar refractivity (Wildman–Crippen MR) is 35.1 cm³/mol. The predicted octanol–water partition coefficient (Wildman–Crippen LogP) is 1.31. The molecule has 0 saturated heterocycles. The second kappa shape index (κ2) is 2.01. The van der Waals surface area contributed by atoms with Crippen molar-refractivity contribution in [3.63, 3.8) is 0 Å². The second-order valence-corrected chi connectivity index (χ2v) is 2.41. The van der Waals surface area contributed by atoms with Crippen LogP contribution in [-0.4, -0.2) is 11.6 Å². The average Bonchev–Trinajstić information content (AvgIpc) is 2.27. The summed E-state index contributed by atoms with van der Waals surface area (Å²) in [6, 6.07) is 0. The van der Waals surface area contributed by atoms with Crippen LogP contribution in [0.25, 0.3) is 0 Å². The van der Waals surface area contributed by atoms with Gasteiger partial charge in [-0.15, -0.1) is 0 Å². The minimum atomic E-state index is 0.698. The van der Waals surface area contributed by atoms with Gasteiger partial charge >= 0.3 is 0 Å². The van der Waals surface area contributed by atoms with E-state index < -0.39 is 0 Å². The zero-order valence-electron chi connectivity index (χ0n) is 5.89. The van der Waals surface area contributed by atoms with E-state index in [2.05, 4.69) is 4.98 Å². The van der Waals surface area contributed by atoms with Gasteiger partial charge < -0.3 is 9.15 Å². The Morgan fingerprint density at radius 3 is 3.20 bits per heavy atom. The van der Waals surface area contributed by atoms with Crippen molar-refractivity contribution in [2.24, 2.45) is 0 Å². The largest absolute Gasteiger partial charge is 0.475 e. The summed E-state index contributed by atoms with van der Waals surface area (Å²) in [5, 5.41) is 0. The van der Waals surface area contributed by atoms with Crippen LogP contribution in [0.3, 0.4) is 0 Å². The van der Waals surface area contributed by atoms with Gasteiger partial charge in [0.05, 0.1) is 6.61 Å². The number of ether oxygens (including phenoxy) is 1. The number of oxazole rings is 1. The third-order valence-electron chi connectivity index (χ3n) is 1.56. The smallest absolute Gasteiger partial charge is 0.256 e. The van der Waals surface area contributed by atoms with Gasteiger partial charge in [0.1, 0.15) is 0 Å². The van der Waals surface area contributed by atoms with Gasteiger partial charge in [0, 0.05) is 13.3 Å². The Hall–Kier alpha value is -0.990. The highest BCUT2D eigenvalue weighted by atomic mass is 16.5. The molecule has 0 fully saturated rings. The number of fused-ring (bicyclic) bond motifs is 1. The molecule has 3 heteroatoms. The lowest BCUT2D eigenvalue weighted by molar-refractivity contribution is 0.264. The number of rotatable bonds is 0. The van der Waals surface area contributed by atoms with E-state index in [4.69, 9.17) is 9.15 Å². The lowest BCUT2D eigenvalue weighted by Crippen LogP contribution is -2.06. The summed E-state index contributed by atoms with van der Waals surface area (Å²) in [5.74, 6) is 2.31. The summed E-state index contributed by atoms with van der Waals surface area (Å²) in [7, 11) is 0. The maximum absolute atomic E-state index is 5.27. The monoisotopic (exact) mass is 139 g/mol. The van der Waals surface area contributed by atoms with Gasteiger partial charge in [-0.3, -0.25) is 0 Å². The lowest BCUT2D eigenvalue weighted by Gasteiger charge is -2.08. The summed E-state index contributed by atoms with van der Waals surface area (Å²) in [5.41, 5.74) is 0. The van der Waals surface area contributed by atoms with E-state index in [1.807, 2.05) is 6.92 Å². The Bertz CT molecular complexity index is 218. The van der Waals surface area contributed by atoms with E-state index in [9.17, 15) is 0 Å². The van der Waals surface area contributed by atoms with Crippen LogP contribution in [0.1, 0.15) is 18.1 Å². The van der Waals surface area contributed by atoms with Gasteiger partial charge in [-0.2, -0.15) is 4.98 Å². The normalized spacial score (nSPS) is 16.1. The molecule has 1 aromatic rings. The molecule has 3 nitrogen and oxygen atoms in total. The summed E-state index contributed by atoms with van der Waals surface area (Å²) < 4.78 is 10.5. The maximum Gasteiger partial charge on any atom is 0.256 e. The van der Waals surface area contributed by atoms with Crippen LogP contribution < -0.4 is 4.74 Å². The zero-order chi connectivity index (χ0) is 6.97. The molecular formula is C7H9NO2. The Morgan fingerprint density at radius 1 is 1.50 bits per heavy atom. The molecule has 0 aromatic carbocycles. The fourth-order valence-electron chi connectivity index (χ4n) is 1.12. The van der Waals surface area contributed by atoms with Crippen molar-refractivity contribution in [3.05, 3.63) is 11.7 Å². The van der Waals surface area contributed by atoms with Crippen molar-refractivity contribution in [1.29, 1.82) is 0 Å². The first-order valence-electron chi connectivity index (χ1n) is 3.45. The Kier molecular flexibility index (Phi) is 1.16. The standard InChI is InChI=1S/C7H9NO2/c1-5-8-7-6(10-5)3-2-4-9-7/h2-4H2,1H3. The van der Waals surface area contributed by atoms with E-state index in [-0.39, 0.29) is 0 Å². The van der Waals surface area contributed by atoms with Crippen LogP contribution in [0.5, 0.6) is 5.88 Å². The molecule has 2 rings (SSSR count). The van der Waals surface area contributed by atoms with Gasteiger partial charge in [-0.25, -0.2) is 0 Å². The Labute approximate surface area is 59.0 Å². The zero-order valence-corrected chi connectivity index (χ0v) is 5.89. The van der Waals surface area contributed by atoms with Gasteiger partial charge in [0.2, 0.25) is 0 Å². The topological polar surface area (TPSA) is 35.3 Å². The van der Waals surface area contributed by atoms with Crippen LogP contribution in [0, 0.1) is 6.92 Å². The van der Waals surface area contributed by atoms with Crippen molar-refractivity contribution in [3.8, 4) is 5.88 Å². The second-order valence-electron chi connectivity index (χ2n) is 2.41. The first kappa shape index (κ1) is 5.77. The molecule has 10 heavy (non-hydrogen) atoms. The number of hydrogen-bond acceptors (Lipinski definition) is 3. The summed E-state index contributed by atoms with van der Waals surface area (Å²) in [6.45, 7) is 2.61. The van der Waals surface area contributed by atoms with E-state index in [0.29, 0.717) is 11.8 Å². The molecule has 0 amide bonds. The Balaban J connectivity index is 2.41. The molecule has 0 saturated carbocycles. The van der Waals surface area contributed by atoms with Gasteiger partial charge in [0.25, 0.3) is 5.88 Å². The van der Waals surface area contributed by atoms with Crippen LogP contribution >= 0.6 is 0 Å². The van der Waals surface area contributed by atoms with Crippen LogP contribution in [0.4, 0.5) is 0 Å². The maximum atomic E-state index is 5.27. The molecule has 2 heterocycles. The third-order valence-corrected chi connectivity index (χ3v) is 1.56. The number of aromatic nitrogens is 1. The van der Waals surface area contributed by atoms with E-state index in [1.54, 1.807) is 0 Å². The van der Waals surface area contributed by atoms with E-state index >= 15 is 0 Å². The summed E-state index contributed by atoms with van der Waals surface area (Å²) >= 11 is 0. The van der Waals surface area contributed by atoms with Crippen molar-refractivity contribution in [2.45, 2.75) is 19.8 Å². The van der Waals surface area contributed by atoms with Crippen molar-refractivity contribution in [2.75, 3.05) is 6.61 Å². The highest BCUT2D eigenvalue weighted by Gasteiger charge is 2.15. The third kappa shape index (κ3) is 0.781. The fourth-order valence-corrected chi connectivity index (χ4v) is 1.12. The fraction of sp³-hybridized carbons (Fsp3) is 0.571. The minimum absolute atomic E-state index is 0.698. The van der Waals surface area contributed by atoms with Gasteiger partial charge in [-0.1, -0.05) is 0 Å². The van der Waals surface area contributed by atoms with E-state index in [1.165, 1.54) is 0 Å². The molecule has 54 valence electrons. The SMILES string of the molecule is Cc1nc2c(o1)CCCO2. The first-order valence-corrected chi connectivity index (χ1v) is 3.45. The van der Waals surface area contributed by atoms with E-state index in [0.717, 1.165) is 25.2 Å². The number of hydrogen-bond donors (Lipinski definition) is 0. The highest BCUT2D eigenvalue weighted by Crippen LogP contribution is 2.23. The minimum Gasteiger partial charge on any atom is -0.475 e. The molecule has 0 unspecified atom stereocenters. The Morgan fingerprint density at radius 2 is 2.40 bits per heavy atom. The molecule has 0 N–H and O–H groups in total. The number of nitrogens with zero attached hydrogens (tertiary/aromatic N) is 1. The highest BCUT2D eigenvalue weighted by molar-refractivity contribution is 5.18. The van der Waals surface area contributed by atoms with Gasteiger partial charge in [0.15, 0.2) is 11.7 Å². The molecule has 0 bridgehead atoms. The van der Waals surface area contributed by atoms with Crippen molar-refractivity contribution < 1.29 is 9.15 Å². The first-order chi connectivity index (χ1) is 4.86. The molecule has 0 radical (unpaired) electrons. The molecule has 0 atom stereocenters. The molecule has 1 aliphatic heterocycles. The quantitative estimate of drug-likeness (QED) is 0.543. The van der Waals surface area contributed by atoms with Crippen molar-refractivity contribution in [1.82, 2.24) is 4.98 Å². The summed E-state index contributed by atoms with van der Waals surface area (Å²) in [4.78, 5) is 4.06. The molecule has 1 aromatic heterocycles. The molecule has 1 aliphatic rings. The van der Waals surface area contributed by atoms with Crippen LogP contribution in [0.2, 0.25) is 0 Å². The molecule has 0 spiro atoms.